The fraction of sp³-hybridized carbons (Fsp3) is 0.423. The molecule has 0 aromatic heterocycles. The second kappa shape index (κ2) is 8.30. The Kier molecular flexibility index (Phi) is 5.88. The minimum atomic E-state index is -1.57. The van der Waals surface area contributed by atoms with Gasteiger partial charge in [0.05, 0.1) is 24.4 Å². The lowest BCUT2D eigenvalue weighted by molar-refractivity contribution is -0.0479. The molecule has 8 nitrogen and oxygen atoms in total. The number of phenolic OH excluding ortho intramolecular Hbond substituents is 1. The van der Waals surface area contributed by atoms with Gasteiger partial charge in [-0.25, -0.2) is 0 Å². The second-order valence-corrected chi connectivity index (χ2v) is 9.81. The van der Waals surface area contributed by atoms with Gasteiger partial charge >= 0.3 is 0 Å². The molecular weight excluding hydrogens is 440 g/mol. The second-order valence-electron chi connectivity index (χ2n) is 9.81. The Balaban J connectivity index is 1.91. The van der Waals surface area contributed by atoms with Gasteiger partial charge < -0.3 is 34.6 Å². The van der Waals surface area contributed by atoms with E-state index in [2.05, 4.69) is 0 Å². The van der Waals surface area contributed by atoms with Crippen molar-refractivity contribution in [3.63, 3.8) is 0 Å². The largest absolute Gasteiger partial charge is 0.506 e. The Morgan fingerprint density at radius 3 is 2.41 bits per heavy atom. The molecule has 0 fully saturated rings. The highest BCUT2D eigenvalue weighted by atomic mass is 16.5. The van der Waals surface area contributed by atoms with Crippen molar-refractivity contribution < 1.29 is 39.4 Å². The number of benzene rings is 2. The maximum atomic E-state index is 13.3. The standard InChI is InChI=1S/C26H30O8/c1-25(2)11-10-15-19(28)18-20(29)21(30)22(13-6-8-14(32-5)9-7-13)33-24(18)16(23(15)34-25)12-17(27)26(3,4)31/h6-11,17,21-22,27-28,30-31H,12H2,1-5H3/t17?,21-,22+/m0/s1. The maximum absolute atomic E-state index is 13.3. The molecule has 182 valence electrons. The third-order valence-electron chi connectivity index (χ3n) is 6.23. The molecule has 3 atom stereocenters. The number of hydrogen-bond donors (Lipinski definition) is 4. The van der Waals surface area contributed by atoms with Gasteiger partial charge in [0, 0.05) is 12.0 Å². The van der Waals surface area contributed by atoms with Gasteiger partial charge in [-0.15, -0.1) is 0 Å². The zero-order valence-corrected chi connectivity index (χ0v) is 19.8. The number of carbonyl (C=O) groups excluding carboxylic acids is 1. The Morgan fingerprint density at radius 2 is 1.82 bits per heavy atom. The van der Waals surface area contributed by atoms with Crippen LogP contribution in [0.4, 0.5) is 0 Å². The molecule has 2 aliphatic rings. The zero-order chi connectivity index (χ0) is 25.0. The Bertz CT molecular complexity index is 1140. The van der Waals surface area contributed by atoms with Gasteiger partial charge in [-0.1, -0.05) is 12.1 Å². The summed E-state index contributed by atoms with van der Waals surface area (Å²) in [6, 6.07) is 6.73. The highest BCUT2D eigenvalue weighted by molar-refractivity contribution is 6.07. The molecule has 2 heterocycles. The number of phenols is 1. The first-order valence-corrected chi connectivity index (χ1v) is 11.1. The van der Waals surface area contributed by atoms with E-state index in [0.29, 0.717) is 16.9 Å². The summed E-state index contributed by atoms with van der Waals surface area (Å²) in [5.74, 6) is -0.203. The SMILES string of the molecule is COc1ccc([C@H]2Oc3c(CC(O)C(C)(C)O)c4c(c(O)c3C(=O)[C@@H]2O)C=CC(C)(C)O4)cc1. The summed E-state index contributed by atoms with van der Waals surface area (Å²) in [5.41, 5.74) is -1.25. The summed E-state index contributed by atoms with van der Waals surface area (Å²) >= 11 is 0. The van der Waals surface area contributed by atoms with Gasteiger partial charge in [-0.05, 0) is 57.5 Å². The van der Waals surface area contributed by atoms with Gasteiger partial charge in [0.2, 0.25) is 5.78 Å². The lowest BCUT2D eigenvalue weighted by Crippen LogP contribution is -2.40. The summed E-state index contributed by atoms with van der Waals surface area (Å²) in [6.45, 7) is 6.60. The molecule has 34 heavy (non-hydrogen) atoms. The minimum Gasteiger partial charge on any atom is -0.506 e. The van der Waals surface area contributed by atoms with Gasteiger partial charge in [-0.2, -0.15) is 0 Å². The predicted molar refractivity (Wildman–Crippen MR) is 125 cm³/mol. The van der Waals surface area contributed by atoms with E-state index in [1.165, 1.54) is 21.0 Å². The van der Waals surface area contributed by atoms with Crippen LogP contribution in [0.5, 0.6) is 23.0 Å². The smallest absolute Gasteiger partial charge is 0.202 e. The lowest BCUT2D eigenvalue weighted by Gasteiger charge is -2.37. The van der Waals surface area contributed by atoms with Crippen LogP contribution in [-0.2, 0) is 6.42 Å². The predicted octanol–water partition coefficient (Wildman–Crippen LogP) is 2.94. The third kappa shape index (κ3) is 4.13. The van der Waals surface area contributed by atoms with E-state index in [9.17, 15) is 25.2 Å². The van der Waals surface area contributed by atoms with Gasteiger partial charge in [0.1, 0.15) is 34.2 Å². The monoisotopic (exact) mass is 470 g/mol. The van der Waals surface area contributed by atoms with Crippen molar-refractivity contribution in [1.29, 1.82) is 0 Å². The van der Waals surface area contributed by atoms with Crippen LogP contribution in [0.2, 0.25) is 0 Å². The van der Waals surface area contributed by atoms with Crippen molar-refractivity contribution >= 4 is 11.9 Å². The molecule has 0 spiro atoms. The molecule has 2 aromatic rings. The van der Waals surface area contributed by atoms with E-state index in [-0.39, 0.29) is 34.8 Å². The first kappa shape index (κ1) is 24.1. The fourth-order valence-corrected chi connectivity index (χ4v) is 4.13. The van der Waals surface area contributed by atoms with E-state index in [1.54, 1.807) is 36.4 Å². The Morgan fingerprint density at radius 1 is 1.18 bits per heavy atom. The maximum Gasteiger partial charge on any atom is 0.202 e. The number of rotatable bonds is 5. The molecule has 0 amide bonds. The van der Waals surface area contributed by atoms with Crippen molar-refractivity contribution in [3.05, 3.63) is 52.6 Å². The van der Waals surface area contributed by atoms with E-state index in [4.69, 9.17) is 14.2 Å². The molecule has 8 heteroatoms. The number of ketones is 1. The molecule has 4 rings (SSSR count). The van der Waals surface area contributed by atoms with E-state index >= 15 is 0 Å². The number of Topliss-reactive ketones (excluding diaryl/α,β-unsaturated/α-hetero) is 1. The van der Waals surface area contributed by atoms with Crippen LogP contribution in [0.1, 0.15) is 60.8 Å². The summed E-state index contributed by atoms with van der Waals surface area (Å²) in [5, 5.41) is 42.9. The van der Waals surface area contributed by atoms with Crippen molar-refractivity contribution in [3.8, 4) is 23.0 Å². The van der Waals surface area contributed by atoms with E-state index in [1.807, 2.05) is 13.8 Å². The average Bonchev–Trinajstić information content (AvgIpc) is 2.77. The number of ether oxygens (including phenoxy) is 3. The molecule has 2 aromatic carbocycles. The summed E-state index contributed by atoms with van der Waals surface area (Å²) < 4.78 is 17.5. The number of carbonyl (C=O) groups is 1. The molecule has 0 radical (unpaired) electrons. The Hall–Kier alpha value is -3.07. The quantitative estimate of drug-likeness (QED) is 0.526. The van der Waals surface area contributed by atoms with Crippen molar-refractivity contribution in [2.24, 2.45) is 0 Å². The number of fused-ring (bicyclic) bond motifs is 2. The lowest BCUT2D eigenvalue weighted by atomic mass is 9.85. The van der Waals surface area contributed by atoms with Crippen LogP contribution < -0.4 is 14.2 Å². The molecular formula is C26H30O8. The first-order chi connectivity index (χ1) is 15.8. The van der Waals surface area contributed by atoms with Gasteiger partial charge in [0.15, 0.2) is 12.2 Å². The summed E-state index contributed by atoms with van der Waals surface area (Å²) in [7, 11) is 1.53. The summed E-state index contributed by atoms with van der Waals surface area (Å²) in [4.78, 5) is 13.3. The number of aromatic hydroxyl groups is 1. The van der Waals surface area contributed by atoms with Gasteiger partial charge in [-0.3, -0.25) is 4.79 Å². The van der Waals surface area contributed by atoms with Crippen LogP contribution in [0.3, 0.4) is 0 Å². The molecule has 0 aliphatic carbocycles. The number of aliphatic hydroxyl groups excluding tert-OH is 2. The van der Waals surface area contributed by atoms with Gasteiger partial charge in [0.25, 0.3) is 0 Å². The Labute approximate surface area is 198 Å². The number of hydrogen-bond acceptors (Lipinski definition) is 8. The zero-order valence-electron chi connectivity index (χ0n) is 19.8. The van der Waals surface area contributed by atoms with Crippen LogP contribution in [0.15, 0.2) is 30.3 Å². The minimum absolute atomic E-state index is 0.0155. The fourth-order valence-electron chi connectivity index (χ4n) is 4.13. The first-order valence-electron chi connectivity index (χ1n) is 11.1. The molecule has 2 aliphatic heterocycles. The number of aliphatic hydroxyl groups is 3. The topological polar surface area (TPSA) is 126 Å². The average molecular weight is 471 g/mol. The van der Waals surface area contributed by atoms with Crippen LogP contribution in [0, 0.1) is 0 Å². The van der Waals surface area contributed by atoms with Crippen molar-refractivity contribution in [2.75, 3.05) is 7.11 Å². The highest BCUT2D eigenvalue weighted by Gasteiger charge is 2.44. The van der Waals surface area contributed by atoms with Crippen LogP contribution in [-0.4, -0.2) is 56.7 Å². The van der Waals surface area contributed by atoms with E-state index in [0.717, 1.165) is 0 Å². The van der Waals surface area contributed by atoms with Crippen LogP contribution >= 0.6 is 0 Å². The highest BCUT2D eigenvalue weighted by Crippen LogP contribution is 2.51. The molecule has 0 saturated carbocycles. The number of methoxy groups -OCH3 is 1. The molecule has 1 unspecified atom stereocenters. The van der Waals surface area contributed by atoms with Crippen molar-refractivity contribution in [1.82, 2.24) is 0 Å². The normalized spacial score (nSPS) is 21.7. The molecule has 0 bridgehead atoms. The van der Waals surface area contributed by atoms with E-state index < -0.39 is 35.3 Å². The third-order valence-corrected chi connectivity index (χ3v) is 6.23. The molecule has 0 saturated heterocycles. The van der Waals surface area contributed by atoms with Crippen LogP contribution in [0.25, 0.3) is 6.08 Å². The van der Waals surface area contributed by atoms with Crippen molar-refractivity contribution in [2.45, 2.75) is 63.6 Å². The summed E-state index contributed by atoms with van der Waals surface area (Å²) in [6.07, 6.45) is -0.591. The molecule has 4 N–H and O–H groups in total.